The lowest BCUT2D eigenvalue weighted by molar-refractivity contribution is -0.118. The zero-order valence-electron chi connectivity index (χ0n) is 8.66. The van der Waals surface area contributed by atoms with Gasteiger partial charge in [-0.2, -0.15) is 0 Å². The van der Waals surface area contributed by atoms with Gasteiger partial charge in [0.25, 0.3) is 0 Å². The summed E-state index contributed by atoms with van der Waals surface area (Å²) in [6.45, 7) is 3.47. The van der Waals surface area contributed by atoms with Crippen molar-refractivity contribution in [3.8, 4) is 0 Å². The predicted molar refractivity (Wildman–Crippen MR) is 63.1 cm³/mol. The van der Waals surface area contributed by atoms with E-state index in [1.807, 2.05) is 17.9 Å². The third kappa shape index (κ3) is 2.37. The summed E-state index contributed by atoms with van der Waals surface area (Å²) in [5.74, 6) is 1.22. The maximum absolute atomic E-state index is 11.3. The smallest absolute Gasteiger partial charge is 0.152 e. The number of piperidine rings is 1. The Labute approximate surface area is 97.6 Å². The first-order valence-corrected chi connectivity index (χ1v) is 5.85. The molecule has 2 heterocycles. The quantitative estimate of drug-likeness (QED) is 0.784. The van der Waals surface area contributed by atoms with Crippen molar-refractivity contribution in [1.82, 2.24) is 4.98 Å². The molecule has 0 amide bonds. The maximum Gasteiger partial charge on any atom is 0.152 e. The minimum Gasteiger partial charge on any atom is -0.349 e. The van der Waals surface area contributed by atoms with Gasteiger partial charge in [-0.25, -0.2) is 4.98 Å². The summed E-state index contributed by atoms with van der Waals surface area (Å²) < 4.78 is 1.01. The average molecular weight is 269 g/mol. The standard InChI is InChI=1S/C11H13BrN2O/c1-8-5-11(13-6-10(8)12)14-4-2-3-9(15)7-14/h5-6H,2-4,7H2,1H3. The Morgan fingerprint density at radius 2 is 2.33 bits per heavy atom. The largest absolute Gasteiger partial charge is 0.349 e. The topological polar surface area (TPSA) is 33.2 Å². The van der Waals surface area contributed by atoms with Gasteiger partial charge < -0.3 is 4.90 Å². The number of anilines is 1. The van der Waals surface area contributed by atoms with Crippen molar-refractivity contribution < 1.29 is 4.79 Å². The summed E-state index contributed by atoms with van der Waals surface area (Å²) in [6, 6.07) is 2.02. The van der Waals surface area contributed by atoms with Crippen molar-refractivity contribution in [2.45, 2.75) is 19.8 Å². The molecule has 1 aromatic rings. The maximum atomic E-state index is 11.3. The molecule has 0 spiro atoms. The molecule has 0 saturated carbocycles. The van der Waals surface area contributed by atoms with E-state index in [0.29, 0.717) is 18.7 Å². The average Bonchev–Trinajstić information content (AvgIpc) is 2.22. The van der Waals surface area contributed by atoms with E-state index in [9.17, 15) is 4.79 Å². The van der Waals surface area contributed by atoms with E-state index >= 15 is 0 Å². The van der Waals surface area contributed by atoms with Gasteiger partial charge in [0.15, 0.2) is 5.78 Å². The molecule has 0 aliphatic carbocycles. The molecular weight excluding hydrogens is 256 g/mol. The lowest BCUT2D eigenvalue weighted by Gasteiger charge is -2.27. The first-order valence-electron chi connectivity index (χ1n) is 5.05. The van der Waals surface area contributed by atoms with Crippen LogP contribution in [0, 0.1) is 6.92 Å². The van der Waals surface area contributed by atoms with Gasteiger partial charge in [0, 0.05) is 23.6 Å². The first kappa shape index (κ1) is 10.6. The van der Waals surface area contributed by atoms with E-state index in [0.717, 1.165) is 28.8 Å². The summed E-state index contributed by atoms with van der Waals surface area (Å²) in [6.07, 6.45) is 3.45. The molecule has 80 valence electrons. The van der Waals surface area contributed by atoms with Crippen molar-refractivity contribution >= 4 is 27.5 Å². The molecule has 0 radical (unpaired) electrons. The van der Waals surface area contributed by atoms with E-state index in [1.54, 1.807) is 6.20 Å². The fourth-order valence-electron chi connectivity index (χ4n) is 1.73. The van der Waals surface area contributed by atoms with Gasteiger partial charge in [-0.1, -0.05) is 0 Å². The number of pyridine rings is 1. The van der Waals surface area contributed by atoms with E-state index in [-0.39, 0.29) is 0 Å². The van der Waals surface area contributed by atoms with Crippen molar-refractivity contribution in [3.63, 3.8) is 0 Å². The highest BCUT2D eigenvalue weighted by Crippen LogP contribution is 2.21. The summed E-state index contributed by atoms with van der Waals surface area (Å²) in [5.41, 5.74) is 1.15. The minimum absolute atomic E-state index is 0.309. The third-order valence-electron chi connectivity index (χ3n) is 2.61. The Morgan fingerprint density at radius 1 is 1.53 bits per heavy atom. The second kappa shape index (κ2) is 4.31. The molecule has 4 heteroatoms. The van der Waals surface area contributed by atoms with Crippen LogP contribution < -0.4 is 4.90 Å². The number of hydrogen-bond donors (Lipinski definition) is 0. The Balaban J connectivity index is 2.21. The normalized spacial score (nSPS) is 16.9. The van der Waals surface area contributed by atoms with Gasteiger partial charge in [0.1, 0.15) is 5.82 Å². The van der Waals surface area contributed by atoms with Crippen LogP contribution in [0.4, 0.5) is 5.82 Å². The van der Waals surface area contributed by atoms with Crippen LogP contribution >= 0.6 is 15.9 Å². The monoisotopic (exact) mass is 268 g/mol. The second-order valence-electron chi connectivity index (χ2n) is 3.86. The lowest BCUT2D eigenvalue weighted by Crippen LogP contribution is -2.36. The second-order valence-corrected chi connectivity index (χ2v) is 4.71. The number of carbonyl (C=O) groups excluding carboxylic acids is 1. The Bertz CT molecular complexity index is 392. The number of hydrogen-bond acceptors (Lipinski definition) is 3. The SMILES string of the molecule is Cc1cc(N2CCCC(=O)C2)ncc1Br. The molecule has 0 atom stereocenters. The molecule has 1 aromatic heterocycles. The van der Waals surface area contributed by atoms with E-state index in [4.69, 9.17) is 0 Å². The lowest BCUT2D eigenvalue weighted by atomic mass is 10.1. The summed E-state index contributed by atoms with van der Waals surface area (Å²) >= 11 is 3.42. The number of carbonyl (C=O) groups is 1. The molecule has 2 rings (SSSR count). The molecular formula is C11H13BrN2O. The summed E-state index contributed by atoms with van der Waals surface area (Å²) in [4.78, 5) is 17.7. The minimum atomic E-state index is 0.309. The van der Waals surface area contributed by atoms with Crippen LogP contribution in [-0.4, -0.2) is 23.9 Å². The fourth-order valence-corrected chi connectivity index (χ4v) is 1.95. The van der Waals surface area contributed by atoms with Crippen LogP contribution in [-0.2, 0) is 4.79 Å². The van der Waals surface area contributed by atoms with Crippen molar-refractivity contribution in [1.29, 1.82) is 0 Å². The Morgan fingerprint density at radius 3 is 3.00 bits per heavy atom. The molecule has 3 nitrogen and oxygen atoms in total. The highest BCUT2D eigenvalue weighted by Gasteiger charge is 2.18. The molecule has 15 heavy (non-hydrogen) atoms. The molecule has 0 N–H and O–H groups in total. The molecule has 0 aromatic carbocycles. The van der Waals surface area contributed by atoms with Gasteiger partial charge in [0.05, 0.1) is 6.54 Å². The van der Waals surface area contributed by atoms with Crippen molar-refractivity contribution in [2.75, 3.05) is 18.0 Å². The first-order chi connectivity index (χ1) is 7.16. The number of ketones is 1. The molecule has 1 saturated heterocycles. The predicted octanol–water partition coefficient (Wildman–Crippen LogP) is 2.32. The van der Waals surface area contributed by atoms with Gasteiger partial charge in [-0.3, -0.25) is 4.79 Å². The van der Waals surface area contributed by atoms with E-state index in [2.05, 4.69) is 20.9 Å². The van der Waals surface area contributed by atoms with Crippen LogP contribution in [0.1, 0.15) is 18.4 Å². The van der Waals surface area contributed by atoms with Gasteiger partial charge in [-0.15, -0.1) is 0 Å². The molecule has 0 unspecified atom stereocenters. The zero-order valence-corrected chi connectivity index (χ0v) is 10.2. The fraction of sp³-hybridized carbons (Fsp3) is 0.455. The number of halogens is 1. The van der Waals surface area contributed by atoms with Crippen LogP contribution in [0.5, 0.6) is 0 Å². The van der Waals surface area contributed by atoms with Gasteiger partial charge >= 0.3 is 0 Å². The van der Waals surface area contributed by atoms with Crippen molar-refractivity contribution in [2.24, 2.45) is 0 Å². The third-order valence-corrected chi connectivity index (χ3v) is 3.44. The Kier molecular flexibility index (Phi) is 3.05. The number of nitrogens with zero attached hydrogens (tertiary/aromatic N) is 2. The van der Waals surface area contributed by atoms with Gasteiger partial charge in [0.2, 0.25) is 0 Å². The van der Waals surface area contributed by atoms with Crippen molar-refractivity contribution in [3.05, 3.63) is 22.3 Å². The van der Waals surface area contributed by atoms with Gasteiger partial charge in [-0.05, 0) is 40.9 Å². The molecule has 0 bridgehead atoms. The number of rotatable bonds is 1. The highest BCUT2D eigenvalue weighted by molar-refractivity contribution is 9.10. The number of aryl methyl sites for hydroxylation is 1. The molecule has 1 aliphatic heterocycles. The van der Waals surface area contributed by atoms with Crippen LogP contribution in [0.2, 0.25) is 0 Å². The van der Waals surface area contributed by atoms with Crippen LogP contribution in [0.3, 0.4) is 0 Å². The zero-order chi connectivity index (χ0) is 10.8. The Hall–Kier alpha value is -0.900. The summed E-state index contributed by atoms with van der Waals surface area (Å²) in [5, 5.41) is 0. The molecule has 1 fully saturated rings. The number of aromatic nitrogens is 1. The van der Waals surface area contributed by atoms with E-state index < -0.39 is 0 Å². The molecule has 1 aliphatic rings. The van der Waals surface area contributed by atoms with Crippen LogP contribution in [0.25, 0.3) is 0 Å². The van der Waals surface area contributed by atoms with E-state index in [1.165, 1.54) is 0 Å². The highest BCUT2D eigenvalue weighted by atomic mass is 79.9. The number of Topliss-reactive ketones (excluding diaryl/α,β-unsaturated/α-hetero) is 1. The van der Waals surface area contributed by atoms with Crippen LogP contribution in [0.15, 0.2) is 16.7 Å². The summed E-state index contributed by atoms with van der Waals surface area (Å²) in [7, 11) is 0.